The van der Waals surface area contributed by atoms with Crippen molar-refractivity contribution >= 4 is 23.6 Å². The van der Waals surface area contributed by atoms with E-state index in [1.54, 1.807) is 54.6 Å². The van der Waals surface area contributed by atoms with Gasteiger partial charge in [0.15, 0.2) is 0 Å². The molecule has 1 aromatic heterocycles. The van der Waals surface area contributed by atoms with Crippen molar-refractivity contribution in [2.75, 3.05) is 39.1 Å². The van der Waals surface area contributed by atoms with Crippen LogP contribution in [0.15, 0.2) is 85.5 Å². The normalized spacial score (nSPS) is 15.6. The third-order valence-electron chi connectivity index (χ3n) is 9.59. The topological polar surface area (TPSA) is 106 Å². The van der Waals surface area contributed by atoms with Crippen LogP contribution in [0.5, 0.6) is 0 Å². The Balaban J connectivity index is 1.36. The van der Waals surface area contributed by atoms with Crippen molar-refractivity contribution in [3.63, 3.8) is 0 Å². The highest BCUT2D eigenvalue weighted by Crippen LogP contribution is 2.34. The number of hydrogen-bond donors (Lipinski definition) is 2. The van der Waals surface area contributed by atoms with Gasteiger partial charge in [-0.1, -0.05) is 50.2 Å². The van der Waals surface area contributed by atoms with Crippen LogP contribution in [0.25, 0.3) is 0 Å². The molecule has 0 spiro atoms. The maximum atomic E-state index is 14.1. The number of morpholine rings is 1. The highest BCUT2D eigenvalue weighted by atomic mass is 32.2. The number of benzene rings is 3. The summed E-state index contributed by atoms with van der Waals surface area (Å²) < 4.78 is 41.1. The number of carboxylic acids is 1. The van der Waals surface area contributed by atoms with E-state index in [9.17, 15) is 23.5 Å². The fourth-order valence-electron chi connectivity index (χ4n) is 6.63. The number of hydrogen-bond acceptors (Lipinski definition) is 7. The largest absolute Gasteiger partial charge is 0.480 e. The van der Waals surface area contributed by atoms with Gasteiger partial charge in [0.2, 0.25) is 0 Å². The number of carbonyl (C=O) groups excluding carboxylic acids is 1. The fraction of sp³-hybridized carbons (Fsp3) is 0.425. The average molecular weight is 735 g/mol. The molecule has 12 heteroatoms. The molecule has 1 aliphatic rings. The molecule has 5 rings (SSSR count). The number of carbonyl (C=O) groups is 2. The number of nitrogens with one attached hydrogen (secondary N) is 1. The molecule has 52 heavy (non-hydrogen) atoms. The molecule has 3 aromatic carbocycles. The number of nitrogens with zero attached hydrogens (tertiary/aromatic N) is 3. The highest BCUT2D eigenvalue weighted by Gasteiger charge is 2.36. The molecule has 1 aliphatic heterocycles. The fourth-order valence-corrected chi connectivity index (χ4v) is 7.73. The minimum atomic E-state index is -1.11. The summed E-state index contributed by atoms with van der Waals surface area (Å²) in [6.45, 7) is 8.68. The smallest absolute Gasteiger partial charge is 0.326 e. The van der Waals surface area contributed by atoms with E-state index in [0.29, 0.717) is 43.7 Å². The van der Waals surface area contributed by atoms with Crippen molar-refractivity contribution in [3.8, 4) is 0 Å². The molecule has 2 heterocycles. The maximum absolute atomic E-state index is 14.1. The van der Waals surface area contributed by atoms with Crippen LogP contribution in [0.4, 0.5) is 8.78 Å². The third kappa shape index (κ3) is 11.2. The Morgan fingerprint density at radius 3 is 2.31 bits per heavy atom. The molecule has 0 aliphatic carbocycles. The van der Waals surface area contributed by atoms with Gasteiger partial charge >= 0.3 is 5.97 Å². The van der Waals surface area contributed by atoms with Crippen molar-refractivity contribution in [2.45, 2.75) is 63.7 Å². The Bertz CT molecular complexity index is 1730. The van der Waals surface area contributed by atoms with Crippen LogP contribution in [0.3, 0.4) is 0 Å². The number of ether oxygens (including phenoxy) is 2. The zero-order valence-electron chi connectivity index (χ0n) is 30.0. The first-order valence-electron chi connectivity index (χ1n) is 17.6. The molecule has 0 bridgehead atoms. The lowest BCUT2D eigenvalue weighted by molar-refractivity contribution is -0.139. The number of thioether (sulfide) groups is 1. The van der Waals surface area contributed by atoms with Crippen molar-refractivity contribution in [1.29, 1.82) is 0 Å². The maximum Gasteiger partial charge on any atom is 0.326 e. The molecular formula is C40H48F2N4O5S. The number of rotatable bonds is 18. The van der Waals surface area contributed by atoms with Crippen LogP contribution in [-0.2, 0) is 40.3 Å². The summed E-state index contributed by atoms with van der Waals surface area (Å²) >= 11 is 1.61. The van der Waals surface area contributed by atoms with Crippen LogP contribution in [-0.4, -0.2) is 81.8 Å². The number of imidazole rings is 1. The second-order valence-corrected chi connectivity index (χ2v) is 15.0. The lowest BCUT2D eigenvalue weighted by atomic mass is 9.84. The second-order valence-electron chi connectivity index (χ2n) is 13.9. The van der Waals surface area contributed by atoms with E-state index >= 15 is 0 Å². The van der Waals surface area contributed by atoms with Gasteiger partial charge in [-0.15, -0.1) is 0 Å². The summed E-state index contributed by atoms with van der Waals surface area (Å²) in [5.74, 6) is -2.25. The van der Waals surface area contributed by atoms with Gasteiger partial charge in [-0.3, -0.25) is 9.69 Å². The quantitative estimate of drug-likeness (QED) is 0.118. The van der Waals surface area contributed by atoms with E-state index in [-0.39, 0.29) is 35.3 Å². The van der Waals surface area contributed by atoms with Gasteiger partial charge in [-0.2, -0.15) is 11.8 Å². The first-order valence-corrected chi connectivity index (χ1v) is 18.8. The molecule has 4 aromatic rings. The summed E-state index contributed by atoms with van der Waals surface area (Å²) in [6.07, 6.45) is 8.01. The number of aliphatic carboxylic acids is 1. The van der Waals surface area contributed by atoms with Crippen LogP contribution in [0.1, 0.15) is 59.0 Å². The molecule has 1 amide bonds. The number of aryl methyl sites for hydroxylation is 2. The molecular weight excluding hydrogens is 687 g/mol. The Hall–Kier alpha value is -4.10. The van der Waals surface area contributed by atoms with Crippen LogP contribution in [0.2, 0.25) is 0 Å². The van der Waals surface area contributed by atoms with E-state index in [1.807, 2.05) is 29.2 Å². The minimum absolute atomic E-state index is 0.0479. The number of amides is 1. The Morgan fingerprint density at radius 2 is 1.67 bits per heavy atom. The zero-order valence-corrected chi connectivity index (χ0v) is 30.8. The van der Waals surface area contributed by atoms with Gasteiger partial charge in [-0.05, 0) is 83.5 Å². The summed E-state index contributed by atoms with van der Waals surface area (Å²) in [4.78, 5) is 33.2. The first kappa shape index (κ1) is 39.1. The molecule has 1 fully saturated rings. The molecule has 3 atom stereocenters. The van der Waals surface area contributed by atoms with Gasteiger partial charge in [-0.25, -0.2) is 18.6 Å². The predicted octanol–water partition coefficient (Wildman–Crippen LogP) is 6.57. The molecule has 0 saturated carbocycles. The van der Waals surface area contributed by atoms with E-state index in [1.165, 1.54) is 24.3 Å². The van der Waals surface area contributed by atoms with E-state index < -0.39 is 24.0 Å². The van der Waals surface area contributed by atoms with E-state index in [0.717, 1.165) is 36.3 Å². The second kappa shape index (κ2) is 18.6. The van der Waals surface area contributed by atoms with Crippen LogP contribution in [0, 0.1) is 17.0 Å². The number of halogens is 2. The minimum Gasteiger partial charge on any atom is -0.480 e. The number of aromatic nitrogens is 2. The summed E-state index contributed by atoms with van der Waals surface area (Å²) in [7, 11) is 0. The Labute approximate surface area is 308 Å². The molecule has 2 N–H and O–H groups in total. The van der Waals surface area contributed by atoms with Crippen molar-refractivity contribution in [2.24, 2.45) is 5.41 Å². The monoisotopic (exact) mass is 734 g/mol. The summed E-state index contributed by atoms with van der Waals surface area (Å²) in [6, 6.07) is 16.8. The molecule has 2 unspecified atom stereocenters. The molecule has 0 radical (unpaired) electrons. The van der Waals surface area contributed by atoms with Crippen molar-refractivity contribution in [1.82, 2.24) is 19.8 Å². The number of carboxylic acid groups (broad SMARTS) is 1. The van der Waals surface area contributed by atoms with Gasteiger partial charge in [0.1, 0.15) is 23.8 Å². The first-order chi connectivity index (χ1) is 25.0. The molecule has 1 saturated heterocycles. The Kier molecular flexibility index (Phi) is 14.0. The van der Waals surface area contributed by atoms with Crippen molar-refractivity contribution in [3.05, 3.63) is 125 Å². The highest BCUT2D eigenvalue weighted by molar-refractivity contribution is 7.99. The lowest BCUT2D eigenvalue weighted by Gasteiger charge is -2.40. The SMILES string of the molecule is CSC(C[C@H](NC(=O)c1cc(COC(Cn2ccnc2)c2ccc(F)cc2)ccc1CCc1ccc(F)cc1)C(=O)O)C(C)(C)CN1CCOCC1. The molecule has 278 valence electrons. The van der Waals surface area contributed by atoms with E-state index in [4.69, 9.17) is 9.47 Å². The van der Waals surface area contributed by atoms with E-state index in [2.05, 4.69) is 29.0 Å². The van der Waals surface area contributed by atoms with Gasteiger partial charge in [0.25, 0.3) is 5.91 Å². The van der Waals surface area contributed by atoms with Crippen LogP contribution < -0.4 is 5.32 Å². The standard InChI is InChI=1S/C40H48F2N4O5S/c1-40(2,26-45-18-20-50-21-19-45)37(52-3)23-35(39(48)49)44-38(47)34-22-29(5-9-30(34)8-4-28-6-12-32(41)13-7-28)25-51-36(24-46-17-16-43-27-46)31-10-14-33(42)15-11-31/h5-7,9-17,22,27,35-37H,4,8,18-21,23-26H2,1-3H3,(H,44,47)(H,48,49)/t35-,36?,37?/m0/s1. The predicted molar refractivity (Wildman–Crippen MR) is 198 cm³/mol. The third-order valence-corrected chi connectivity index (χ3v) is 11.0. The lowest BCUT2D eigenvalue weighted by Crippen LogP contribution is -2.49. The van der Waals surface area contributed by atoms with Crippen LogP contribution >= 0.6 is 11.8 Å². The molecule has 9 nitrogen and oxygen atoms in total. The average Bonchev–Trinajstić information content (AvgIpc) is 3.65. The Morgan fingerprint density at radius 1 is 1.00 bits per heavy atom. The van der Waals surface area contributed by atoms with Gasteiger partial charge in [0, 0.05) is 42.8 Å². The van der Waals surface area contributed by atoms with Gasteiger partial charge in [0.05, 0.1) is 32.7 Å². The zero-order chi connectivity index (χ0) is 37.1. The summed E-state index contributed by atoms with van der Waals surface area (Å²) in [5, 5.41) is 13.1. The van der Waals surface area contributed by atoms with Crippen molar-refractivity contribution < 1.29 is 33.0 Å². The van der Waals surface area contributed by atoms with Gasteiger partial charge < -0.3 is 24.5 Å². The summed E-state index contributed by atoms with van der Waals surface area (Å²) in [5.41, 5.74) is 3.27.